The summed E-state index contributed by atoms with van der Waals surface area (Å²) in [6.45, 7) is 0. The van der Waals surface area contributed by atoms with Crippen molar-refractivity contribution >= 4 is 16.5 Å². The van der Waals surface area contributed by atoms with Gasteiger partial charge in [-0.15, -0.1) is 4.91 Å². The summed E-state index contributed by atoms with van der Waals surface area (Å²) < 4.78 is 0. The SMILES string of the molecule is O=Nc1cc2ccc(O)cc2c(O)c1O. The van der Waals surface area contributed by atoms with Crippen LogP contribution < -0.4 is 0 Å². The third-order valence-electron chi connectivity index (χ3n) is 2.15. The van der Waals surface area contributed by atoms with E-state index in [1.165, 1.54) is 24.3 Å². The summed E-state index contributed by atoms with van der Waals surface area (Å²) in [7, 11) is 0. The number of rotatable bonds is 1. The van der Waals surface area contributed by atoms with Gasteiger partial charge in [-0.05, 0) is 28.8 Å². The molecule has 0 heterocycles. The molecule has 0 saturated carbocycles. The Kier molecular flexibility index (Phi) is 1.93. The molecule has 0 aliphatic heterocycles. The molecule has 5 nitrogen and oxygen atoms in total. The Balaban J connectivity index is 2.90. The Morgan fingerprint density at radius 2 is 1.73 bits per heavy atom. The van der Waals surface area contributed by atoms with E-state index in [4.69, 9.17) is 0 Å². The molecule has 15 heavy (non-hydrogen) atoms. The van der Waals surface area contributed by atoms with Crippen molar-refractivity contribution in [3.8, 4) is 17.2 Å². The molecule has 0 aliphatic rings. The Labute approximate surface area is 84.2 Å². The molecule has 0 unspecified atom stereocenters. The molecule has 3 N–H and O–H groups in total. The summed E-state index contributed by atoms with van der Waals surface area (Å²) in [5, 5.41) is 31.4. The Morgan fingerprint density at radius 3 is 2.40 bits per heavy atom. The first kappa shape index (κ1) is 9.26. The molecule has 2 aromatic rings. The fourth-order valence-electron chi connectivity index (χ4n) is 1.41. The van der Waals surface area contributed by atoms with Crippen LogP contribution in [0.15, 0.2) is 29.4 Å². The van der Waals surface area contributed by atoms with Crippen molar-refractivity contribution in [1.29, 1.82) is 0 Å². The van der Waals surface area contributed by atoms with Crippen LogP contribution in [0.5, 0.6) is 17.2 Å². The molecule has 0 aliphatic carbocycles. The molecule has 0 spiro atoms. The normalized spacial score (nSPS) is 10.4. The van der Waals surface area contributed by atoms with E-state index in [1.54, 1.807) is 0 Å². The number of nitroso groups, excluding NO2 is 1. The molecule has 2 rings (SSSR count). The molecule has 0 atom stereocenters. The van der Waals surface area contributed by atoms with Crippen molar-refractivity contribution in [3.05, 3.63) is 29.2 Å². The van der Waals surface area contributed by atoms with Crippen molar-refractivity contribution in [1.82, 2.24) is 0 Å². The van der Waals surface area contributed by atoms with Crippen molar-refractivity contribution in [2.45, 2.75) is 0 Å². The van der Waals surface area contributed by atoms with Gasteiger partial charge in [0.05, 0.1) is 0 Å². The van der Waals surface area contributed by atoms with E-state index in [-0.39, 0.29) is 16.8 Å². The molecule has 0 radical (unpaired) electrons. The highest BCUT2D eigenvalue weighted by Gasteiger charge is 2.12. The van der Waals surface area contributed by atoms with Crippen LogP contribution in [0, 0.1) is 4.91 Å². The van der Waals surface area contributed by atoms with Gasteiger partial charge in [0.25, 0.3) is 0 Å². The maximum absolute atomic E-state index is 10.3. The lowest BCUT2D eigenvalue weighted by Gasteiger charge is -2.05. The van der Waals surface area contributed by atoms with Crippen molar-refractivity contribution < 1.29 is 15.3 Å². The molecular formula is C10H7NO4. The molecule has 5 heteroatoms. The summed E-state index contributed by atoms with van der Waals surface area (Å²) in [4.78, 5) is 10.3. The third-order valence-corrected chi connectivity index (χ3v) is 2.15. The first-order valence-corrected chi connectivity index (χ1v) is 4.14. The molecule has 2 aromatic carbocycles. The monoisotopic (exact) mass is 205 g/mol. The van der Waals surface area contributed by atoms with Gasteiger partial charge in [0.2, 0.25) is 0 Å². The van der Waals surface area contributed by atoms with Crippen LogP contribution in [-0.2, 0) is 0 Å². The lowest BCUT2D eigenvalue weighted by Crippen LogP contribution is -1.77. The predicted octanol–water partition coefficient (Wildman–Crippen LogP) is 2.35. The topological polar surface area (TPSA) is 90.1 Å². The van der Waals surface area contributed by atoms with Gasteiger partial charge in [-0.3, -0.25) is 0 Å². The lowest BCUT2D eigenvalue weighted by atomic mass is 10.1. The van der Waals surface area contributed by atoms with E-state index in [0.29, 0.717) is 5.39 Å². The van der Waals surface area contributed by atoms with Crippen LogP contribution in [0.2, 0.25) is 0 Å². The quantitative estimate of drug-likeness (QED) is 0.492. The van der Waals surface area contributed by atoms with Crippen molar-refractivity contribution in [2.24, 2.45) is 5.18 Å². The molecule has 0 aromatic heterocycles. The number of hydrogen-bond donors (Lipinski definition) is 3. The van der Waals surface area contributed by atoms with Crippen molar-refractivity contribution in [2.75, 3.05) is 0 Å². The maximum atomic E-state index is 10.3. The number of fused-ring (bicyclic) bond motifs is 1. The summed E-state index contributed by atoms with van der Waals surface area (Å²) in [5.74, 6) is -1.08. The third kappa shape index (κ3) is 1.34. The second-order valence-electron chi connectivity index (χ2n) is 3.09. The molecular weight excluding hydrogens is 198 g/mol. The van der Waals surface area contributed by atoms with Gasteiger partial charge in [-0.25, -0.2) is 0 Å². The van der Waals surface area contributed by atoms with Crippen LogP contribution in [0.4, 0.5) is 5.69 Å². The average Bonchev–Trinajstić information content (AvgIpc) is 2.24. The number of hydrogen-bond acceptors (Lipinski definition) is 5. The minimum Gasteiger partial charge on any atom is -0.508 e. The second kappa shape index (κ2) is 3.13. The highest BCUT2D eigenvalue weighted by Crippen LogP contribution is 2.42. The van der Waals surface area contributed by atoms with Gasteiger partial charge in [0.1, 0.15) is 5.75 Å². The van der Waals surface area contributed by atoms with Crippen LogP contribution in [0.25, 0.3) is 10.8 Å². The van der Waals surface area contributed by atoms with Crippen LogP contribution in [-0.4, -0.2) is 15.3 Å². The van der Waals surface area contributed by atoms with E-state index in [1.807, 2.05) is 0 Å². The summed E-state index contributed by atoms with van der Waals surface area (Å²) in [6, 6.07) is 5.54. The first-order chi connectivity index (χ1) is 7.13. The van der Waals surface area contributed by atoms with Gasteiger partial charge in [-0.2, -0.15) is 0 Å². The van der Waals surface area contributed by atoms with Gasteiger partial charge < -0.3 is 15.3 Å². The summed E-state index contributed by atoms with van der Waals surface area (Å²) in [6.07, 6.45) is 0. The van der Waals surface area contributed by atoms with E-state index < -0.39 is 11.5 Å². The Hall–Kier alpha value is -2.30. The number of benzene rings is 2. The average molecular weight is 205 g/mol. The highest BCUT2D eigenvalue weighted by atomic mass is 16.3. The molecule has 0 fully saturated rings. The molecule has 76 valence electrons. The van der Waals surface area contributed by atoms with Crippen LogP contribution in [0.3, 0.4) is 0 Å². The fourth-order valence-corrected chi connectivity index (χ4v) is 1.41. The second-order valence-corrected chi connectivity index (χ2v) is 3.09. The maximum Gasteiger partial charge on any atom is 0.188 e. The van der Waals surface area contributed by atoms with Crippen LogP contribution >= 0.6 is 0 Å². The molecule has 0 amide bonds. The summed E-state index contributed by atoms with van der Waals surface area (Å²) in [5.41, 5.74) is -0.231. The molecule has 0 bridgehead atoms. The Morgan fingerprint density at radius 1 is 1.00 bits per heavy atom. The minimum atomic E-state index is -0.580. The zero-order valence-electron chi connectivity index (χ0n) is 7.51. The predicted molar refractivity (Wildman–Crippen MR) is 54.4 cm³/mol. The van der Waals surface area contributed by atoms with E-state index in [2.05, 4.69) is 5.18 Å². The number of nitrogens with zero attached hydrogens (tertiary/aromatic N) is 1. The lowest BCUT2D eigenvalue weighted by molar-refractivity contribution is 0.409. The smallest absolute Gasteiger partial charge is 0.188 e. The highest BCUT2D eigenvalue weighted by molar-refractivity contribution is 5.95. The van der Waals surface area contributed by atoms with Gasteiger partial charge in [0, 0.05) is 5.39 Å². The first-order valence-electron chi connectivity index (χ1n) is 4.14. The van der Waals surface area contributed by atoms with Crippen molar-refractivity contribution in [3.63, 3.8) is 0 Å². The molecule has 0 saturated heterocycles. The van der Waals surface area contributed by atoms with Gasteiger partial charge in [0.15, 0.2) is 17.2 Å². The summed E-state index contributed by atoms with van der Waals surface area (Å²) >= 11 is 0. The number of phenols is 3. The van der Waals surface area contributed by atoms with E-state index in [9.17, 15) is 20.2 Å². The van der Waals surface area contributed by atoms with Crippen LogP contribution in [0.1, 0.15) is 0 Å². The van der Waals surface area contributed by atoms with E-state index >= 15 is 0 Å². The van der Waals surface area contributed by atoms with E-state index in [0.717, 1.165) is 0 Å². The minimum absolute atomic E-state index is 0.0380. The zero-order valence-corrected chi connectivity index (χ0v) is 7.51. The fraction of sp³-hybridized carbons (Fsp3) is 0. The van der Waals surface area contributed by atoms with Gasteiger partial charge >= 0.3 is 0 Å². The Bertz CT molecular complexity index is 551. The largest absolute Gasteiger partial charge is 0.508 e. The van der Waals surface area contributed by atoms with Gasteiger partial charge in [-0.1, -0.05) is 6.07 Å². The zero-order chi connectivity index (χ0) is 11.0. The number of aromatic hydroxyl groups is 3. The number of phenolic OH excluding ortho intramolecular Hbond substituents is 3. The standard InChI is InChI=1S/C10H7NO4/c12-6-2-1-5-3-8(11-15)10(14)9(13)7(5)4-6/h1-4,12-14H.